The van der Waals surface area contributed by atoms with Gasteiger partial charge in [0.05, 0.1) is 0 Å². The fourth-order valence-electron chi connectivity index (χ4n) is 0.572. The highest BCUT2D eigenvalue weighted by atomic mass is 14.8. The van der Waals surface area contributed by atoms with Gasteiger partial charge in [0.1, 0.15) is 0 Å². The van der Waals surface area contributed by atoms with Crippen LogP contribution >= 0.6 is 0 Å². The second kappa shape index (κ2) is 2.52. The van der Waals surface area contributed by atoms with Gasteiger partial charge < -0.3 is 0 Å². The van der Waals surface area contributed by atoms with Crippen LogP contribution in [0.25, 0.3) is 0 Å². The Morgan fingerprint density at radius 1 is 1.29 bits per heavy atom. The van der Waals surface area contributed by atoms with Crippen LogP contribution in [0.3, 0.4) is 0 Å². The van der Waals surface area contributed by atoms with Crippen molar-refractivity contribution in [3.8, 4) is 12.0 Å². The maximum absolute atomic E-state index is 3.91. The van der Waals surface area contributed by atoms with Gasteiger partial charge in [0.2, 0.25) is 0 Å². The number of hydrogen-bond donors (Lipinski definition) is 0. The summed E-state index contributed by atoms with van der Waals surface area (Å²) in [6.07, 6.45) is 3.49. The molecule has 1 rings (SSSR count). The predicted molar refractivity (Wildman–Crippen MR) is 28.6 cm³/mol. The molecule has 1 aliphatic rings. The lowest BCUT2D eigenvalue weighted by Crippen LogP contribution is -1.95. The standard InChI is InChI=1S/C6H8N/c1-2-4-6-7-5-3-1/h1-3,5H2. The lowest BCUT2D eigenvalue weighted by atomic mass is 10.2. The minimum Gasteiger partial charge on any atom is -0.236 e. The summed E-state index contributed by atoms with van der Waals surface area (Å²) < 4.78 is 0. The molecule has 7 heavy (non-hydrogen) atoms. The third-order valence-corrected chi connectivity index (χ3v) is 0.980. The largest absolute Gasteiger partial charge is 0.236 e. The SMILES string of the molecule is C1#C[N]CCCC1. The Labute approximate surface area is 44.1 Å². The Bertz CT molecular complexity index is 86.5. The molecule has 1 radical (unpaired) electrons. The van der Waals surface area contributed by atoms with Crippen LogP contribution in [0.15, 0.2) is 0 Å². The van der Waals surface area contributed by atoms with Crippen LogP contribution in [-0.2, 0) is 0 Å². The molecule has 37 valence electrons. The van der Waals surface area contributed by atoms with Crippen molar-refractivity contribution >= 4 is 0 Å². The van der Waals surface area contributed by atoms with E-state index in [9.17, 15) is 0 Å². The van der Waals surface area contributed by atoms with Crippen molar-refractivity contribution in [2.45, 2.75) is 19.3 Å². The van der Waals surface area contributed by atoms with Gasteiger partial charge in [0, 0.05) is 19.0 Å². The second-order valence-corrected chi connectivity index (χ2v) is 1.63. The molecular weight excluding hydrogens is 86.1 g/mol. The minimum atomic E-state index is 0.951. The van der Waals surface area contributed by atoms with Gasteiger partial charge in [-0.25, -0.2) is 5.32 Å². The molecule has 0 bridgehead atoms. The van der Waals surface area contributed by atoms with Gasteiger partial charge in [0.15, 0.2) is 0 Å². The molecule has 0 unspecified atom stereocenters. The minimum absolute atomic E-state index is 0.951. The van der Waals surface area contributed by atoms with Crippen molar-refractivity contribution in [2.24, 2.45) is 0 Å². The molecular formula is C6H8N. The van der Waals surface area contributed by atoms with Crippen LogP contribution < -0.4 is 5.32 Å². The van der Waals surface area contributed by atoms with E-state index in [1.165, 1.54) is 12.8 Å². The van der Waals surface area contributed by atoms with Gasteiger partial charge >= 0.3 is 0 Å². The number of nitrogens with zero attached hydrogens (tertiary/aromatic N) is 1. The van der Waals surface area contributed by atoms with Crippen molar-refractivity contribution in [3.63, 3.8) is 0 Å². The molecule has 0 N–H and O–H groups in total. The predicted octanol–water partition coefficient (Wildman–Crippen LogP) is 0.736. The third-order valence-electron chi connectivity index (χ3n) is 0.980. The van der Waals surface area contributed by atoms with Gasteiger partial charge in [-0.2, -0.15) is 0 Å². The van der Waals surface area contributed by atoms with Crippen LogP contribution in [0.1, 0.15) is 19.3 Å². The smallest absolute Gasteiger partial charge is 0.0491 e. The summed E-state index contributed by atoms with van der Waals surface area (Å²) >= 11 is 0. The molecule has 0 aromatic heterocycles. The zero-order chi connectivity index (χ0) is 4.95. The Kier molecular flexibility index (Phi) is 1.63. The highest BCUT2D eigenvalue weighted by molar-refractivity contribution is 4.97. The van der Waals surface area contributed by atoms with Crippen molar-refractivity contribution in [2.75, 3.05) is 6.54 Å². The van der Waals surface area contributed by atoms with Gasteiger partial charge in [-0.1, -0.05) is 5.92 Å². The van der Waals surface area contributed by atoms with Crippen LogP contribution in [0.2, 0.25) is 0 Å². The van der Waals surface area contributed by atoms with E-state index in [0.29, 0.717) is 0 Å². The van der Waals surface area contributed by atoms with Crippen molar-refractivity contribution < 1.29 is 0 Å². The van der Waals surface area contributed by atoms with Crippen LogP contribution in [0.5, 0.6) is 0 Å². The summed E-state index contributed by atoms with van der Waals surface area (Å²) in [7, 11) is 0. The highest BCUT2D eigenvalue weighted by Gasteiger charge is 1.88. The normalized spacial score (nSPS) is 18.3. The summed E-state index contributed by atoms with van der Waals surface area (Å²) in [5.41, 5.74) is 0. The maximum atomic E-state index is 3.91. The van der Waals surface area contributed by atoms with Gasteiger partial charge in [-0.3, -0.25) is 0 Å². The zero-order valence-corrected chi connectivity index (χ0v) is 4.28. The van der Waals surface area contributed by atoms with E-state index in [2.05, 4.69) is 17.3 Å². The topological polar surface area (TPSA) is 14.1 Å². The van der Waals surface area contributed by atoms with Crippen molar-refractivity contribution in [1.29, 1.82) is 0 Å². The Hall–Kier alpha value is -0.640. The lowest BCUT2D eigenvalue weighted by Gasteiger charge is -1.85. The molecule has 0 saturated heterocycles. The Morgan fingerprint density at radius 2 is 2.29 bits per heavy atom. The molecule has 1 aliphatic heterocycles. The molecule has 1 heteroatoms. The first-order chi connectivity index (χ1) is 3.50. The highest BCUT2D eigenvalue weighted by Crippen LogP contribution is 1.93. The third kappa shape index (κ3) is 1.50. The molecule has 0 aromatic rings. The monoisotopic (exact) mass is 94.1 g/mol. The fourth-order valence-corrected chi connectivity index (χ4v) is 0.572. The van der Waals surface area contributed by atoms with E-state index in [1.807, 2.05) is 0 Å². The van der Waals surface area contributed by atoms with E-state index < -0.39 is 0 Å². The Morgan fingerprint density at radius 3 is 3.29 bits per heavy atom. The van der Waals surface area contributed by atoms with Gasteiger partial charge in [-0.15, -0.1) is 0 Å². The molecule has 0 fully saturated rings. The summed E-state index contributed by atoms with van der Waals surface area (Å²) in [4.78, 5) is 0. The van der Waals surface area contributed by atoms with E-state index in [-0.39, 0.29) is 0 Å². The first-order valence-electron chi connectivity index (χ1n) is 2.64. The summed E-state index contributed by atoms with van der Waals surface area (Å²) in [5.74, 6) is 2.93. The molecule has 1 heterocycles. The lowest BCUT2D eigenvalue weighted by molar-refractivity contribution is 0.729. The first-order valence-corrected chi connectivity index (χ1v) is 2.64. The summed E-state index contributed by atoms with van der Waals surface area (Å²) in [6.45, 7) is 0.951. The maximum Gasteiger partial charge on any atom is 0.0491 e. The van der Waals surface area contributed by atoms with Crippen LogP contribution in [0, 0.1) is 12.0 Å². The van der Waals surface area contributed by atoms with E-state index in [0.717, 1.165) is 13.0 Å². The molecule has 0 aliphatic carbocycles. The zero-order valence-electron chi connectivity index (χ0n) is 4.28. The van der Waals surface area contributed by atoms with Crippen molar-refractivity contribution in [1.82, 2.24) is 5.32 Å². The molecule has 0 amide bonds. The van der Waals surface area contributed by atoms with Crippen molar-refractivity contribution in [3.05, 3.63) is 0 Å². The van der Waals surface area contributed by atoms with Gasteiger partial charge in [0.25, 0.3) is 0 Å². The van der Waals surface area contributed by atoms with Crippen LogP contribution in [0.4, 0.5) is 0 Å². The second-order valence-electron chi connectivity index (χ2n) is 1.63. The summed E-state index contributed by atoms with van der Waals surface area (Å²) in [5, 5.41) is 3.91. The van der Waals surface area contributed by atoms with E-state index in [1.54, 1.807) is 0 Å². The van der Waals surface area contributed by atoms with Crippen LogP contribution in [-0.4, -0.2) is 6.54 Å². The average Bonchev–Trinajstić information content (AvgIpc) is 1.90. The Balaban J connectivity index is 2.26. The van der Waals surface area contributed by atoms with Gasteiger partial charge in [-0.05, 0) is 12.8 Å². The quantitative estimate of drug-likeness (QED) is 0.393. The molecule has 0 aromatic carbocycles. The molecule has 0 spiro atoms. The number of hydrogen-bond acceptors (Lipinski definition) is 0. The molecule has 1 nitrogen and oxygen atoms in total. The fraction of sp³-hybridized carbons (Fsp3) is 0.667. The number of rotatable bonds is 0. The molecule has 0 atom stereocenters. The average molecular weight is 94.1 g/mol. The summed E-state index contributed by atoms with van der Waals surface area (Å²) in [6, 6.07) is 2.72. The van der Waals surface area contributed by atoms with E-state index in [4.69, 9.17) is 0 Å². The first kappa shape index (κ1) is 4.52. The van der Waals surface area contributed by atoms with E-state index >= 15 is 0 Å². The molecule has 0 saturated carbocycles.